The van der Waals surface area contributed by atoms with Crippen LogP contribution in [0.3, 0.4) is 0 Å². The number of hydrogen-bond donors (Lipinski definition) is 1. The Morgan fingerprint density at radius 1 is 0.978 bits per heavy atom. The van der Waals surface area contributed by atoms with Crippen molar-refractivity contribution in [1.82, 2.24) is 19.6 Å². The fourth-order valence-electron chi connectivity index (χ4n) is 8.16. The quantitative estimate of drug-likeness (QED) is 0.367. The highest BCUT2D eigenvalue weighted by atomic mass is 16.5. The molecule has 1 N–H and O–H groups in total. The Morgan fingerprint density at radius 3 is 2.49 bits per heavy atom. The molecular weight excluding hydrogens is 570 g/mol. The van der Waals surface area contributed by atoms with Gasteiger partial charge >= 0.3 is 6.03 Å². The SMILES string of the molecule is COc1ccc(CCN2C[C@H]3C[C@@H](c4ccc(N(C)C)c5ccccc45)N4C(=O)N(CCN5CCOCC5)C(=O)C34C2)cc1O. The van der Waals surface area contributed by atoms with Crippen molar-refractivity contribution in [3.8, 4) is 11.5 Å². The molecule has 4 aliphatic heterocycles. The van der Waals surface area contributed by atoms with E-state index in [1.807, 2.05) is 25.1 Å². The molecule has 3 aromatic carbocycles. The Morgan fingerprint density at radius 2 is 1.76 bits per heavy atom. The Bertz CT molecular complexity index is 1610. The number of carbonyl (C=O) groups excluding carboxylic acids is 2. The molecule has 10 heteroatoms. The van der Waals surface area contributed by atoms with Gasteiger partial charge in [-0.25, -0.2) is 4.79 Å². The van der Waals surface area contributed by atoms with Crippen molar-refractivity contribution >= 4 is 28.4 Å². The van der Waals surface area contributed by atoms with Crippen LogP contribution in [0.5, 0.6) is 11.5 Å². The fourth-order valence-corrected chi connectivity index (χ4v) is 8.16. The number of rotatable bonds is 9. The highest BCUT2D eigenvalue weighted by Gasteiger charge is 2.70. The summed E-state index contributed by atoms with van der Waals surface area (Å²) in [5, 5.41) is 12.6. The summed E-state index contributed by atoms with van der Waals surface area (Å²) in [4.78, 5) is 39.2. The third kappa shape index (κ3) is 4.99. The largest absolute Gasteiger partial charge is 0.504 e. The van der Waals surface area contributed by atoms with Crippen molar-refractivity contribution in [3.63, 3.8) is 0 Å². The maximum atomic E-state index is 14.5. The number of ether oxygens (including phenoxy) is 2. The van der Waals surface area contributed by atoms with Crippen LogP contribution in [-0.2, 0) is 16.0 Å². The maximum Gasteiger partial charge on any atom is 0.328 e. The predicted octanol–water partition coefficient (Wildman–Crippen LogP) is 3.57. The van der Waals surface area contributed by atoms with Gasteiger partial charge in [-0.1, -0.05) is 36.4 Å². The van der Waals surface area contributed by atoms with E-state index < -0.39 is 5.54 Å². The van der Waals surface area contributed by atoms with Crippen LogP contribution >= 0.6 is 0 Å². The molecule has 7 rings (SSSR count). The second-order valence-corrected chi connectivity index (χ2v) is 13.0. The van der Waals surface area contributed by atoms with Crippen LogP contribution in [0, 0.1) is 5.92 Å². The van der Waals surface area contributed by atoms with Crippen LogP contribution < -0.4 is 9.64 Å². The normalized spacial score (nSPS) is 25.3. The molecule has 4 fully saturated rings. The van der Waals surface area contributed by atoms with Gasteiger partial charge in [0, 0.05) is 76.9 Å². The molecule has 45 heavy (non-hydrogen) atoms. The molecular formula is C35H43N5O5. The number of urea groups is 1. The van der Waals surface area contributed by atoms with Crippen LogP contribution in [0.4, 0.5) is 10.5 Å². The molecule has 1 spiro atoms. The number of methoxy groups -OCH3 is 1. The maximum absolute atomic E-state index is 14.5. The minimum absolute atomic E-state index is 0.0314. The van der Waals surface area contributed by atoms with E-state index in [1.165, 1.54) is 4.90 Å². The summed E-state index contributed by atoms with van der Waals surface area (Å²) < 4.78 is 10.7. The van der Waals surface area contributed by atoms with Crippen molar-refractivity contribution in [3.05, 3.63) is 65.7 Å². The van der Waals surface area contributed by atoms with Gasteiger partial charge < -0.3 is 24.4 Å². The van der Waals surface area contributed by atoms with Crippen LogP contribution in [-0.4, -0.2) is 122 Å². The molecule has 4 aliphatic rings. The average molecular weight is 614 g/mol. The van der Waals surface area contributed by atoms with Gasteiger partial charge in [0.1, 0.15) is 5.54 Å². The van der Waals surface area contributed by atoms with Gasteiger partial charge in [0.2, 0.25) is 0 Å². The Kier molecular flexibility index (Phi) is 7.83. The van der Waals surface area contributed by atoms with Gasteiger partial charge in [-0.3, -0.25) is 19.5 Å². The molecule has 4 saturated heterocycles. The van der Waals surface area contributed by atoms with Crippen molar-refractivity contribution < 1.29 is 24.2 Å². The number of likely N-dealkylation sites (tertiary alicyclic amines) is 1. The number of fused-ring (bicyclic) bond motifs is 1. The second-order valence-electron chi connectivity index (χ2n) is 13.0. The van der Waals surface area contributed by atoms with E-state index in [9.17, 15) is 14.7 Å². The molecule has 0 saturated carbocycles. The second kappa shape index (κ2) is 11.8. The number of carbonyl (C=O) groups is 2. The van der Waals surface area contributed by atoms with E-state index in [0.29, 0.717) is 38.6 Å². The monoisotopic (exact) mass is 613 g/mol. The highest BCUT2D eigenvalue weighted by molar-refractivity contribution is 6.09. The van der Waals surface area contributed by atoms with Gasteiger partial charge in [-0.2, -0.15) is 0 Å². The first-order valence-electron chi connectivity index (χ1n) is 16.0. The molecule has 0 aromatic heterocycles. The van der Waals surface area contributed by atoms with Gasteiger partial charge in [0.15, 0.2) is 11.5 Å². The number of imide groups is 1. The standard InChI is InChI=1S/C35H43N5O5/c1-36(2)29-10-9-28(26-6-4-5-7-27(26)29)30-21-25-22-38(13-12-24-8-11-32(44-3)31(41)20-24)23-35(25)33(42)39(34(43)40(30)35)15-14-37-16-18-45-19-17-37/h4-11,20,25,30,41H,12-19,21-23H2,1-3H3/t25-,30+,35?/m1/s1. The average Bonchev–Trinajstić information content (AvgIpc) is 3.63. The number of nitrogens with zero attached hydrogens (tertiary/aromatic N) is 5. The van der Waals surface area contributed by atoms with Gasteiger partial charge in [-0.15, -0.1) is 0 Å². The third-order valence-corrected chi connectivity index (χ3v) is 10.4. The van der Waals surface area contributed by atoms with E-state index in [0.717, 1.165) is 66.6 Å². The molecule has 3 amide bonds. The lowest BCUT2D eigenvalue weighted by Gasteiger charge is -2.32. The van der Waals surface area contributed by atoms with E-state index in [4.69, 9.17) is 9.47 Å². The van der Waals surface area contributed by atoms with Crippen LogP contribution in [0.2, 0.25) is 0 Å². The van der Waals surface area contributed by atoms with Gasteiger partial charge in [0.05, 0.1) is 26.4 Å². The molecule has 1 unspecified atom stereocenters. The lowest BCUT2D eigenvalue weighted by molar-refractivity contribution is -0.133. The number of morpholine rings is 1. The Hall–Kier alpha value is -3.86. The number of benzene rings is 3. The first-order chi connectivity index (χ1) is 21.8. The summed E-state index contributed by atoms with van der Waals surface area (Å²) in [6, 6.07) is 17.9. The summed E-state index contributed by atoms with van der Waals surface area (Å²) in [6.45, 7) is 6.04. The molecule has 4 heterocycles. The summed E-state index contributed by atoms with van der Waals surface area (Å²) in [5.74, 6) is 0.560. The van der Waals surface area contributed by atoms with Gasteiger partial charge in [0.25, 0.3) is 5.91 Å². The van der Waals surface area contributed by atoms with Crippen molar-refractivity contribution in [2.45, 2.75) is 24.4 Å². The topological polar surface area (TPSA) is 89.0 Å². The number of phenolic OH excluding ortho intramolecular Hbond substituents is 1. The van der Waals surface area contributed by atoms with E-state index in [1.54, 1.807) is 19.2 Å². The van der Waals surface area contributed by atoms with E-state index in [2.05, 4.69) is 51.1 Å². The molecule has 0 bridgehead atoms. The molecule has 0 radical (unpaired) electrons. The first kappa shape index (κ1) is 29.8. The zero-order valence-electron chi connectivity index (χ0n) is 26.4. The number of amides is 3. The Labute approximate surface area is 264 Å². The summed E-state index contributed by atoms with van der Waals surface area (Å²) in [5.41, 5.74) is 2.37. The van der Waals surface area contributed by atoms with E-state index >= 15 is 0 Å². The number of hydrogen-bond acceptors (Lipinski definition) is 8. The number of aromatic hydroxyl groups is 1. The van der Waals surface area contributed by atoms with Gasteiger partial charge in [-0.05, 0) is 47.6 Å². The predicted molar refractivity (Wildman–Crippen MR) is 173 cm³/mol. The highest BCUT2D eigenvalue weighted by Crippen LogP contribution is 2.55. The fraction of sp³-hybridized carbons (Fsp3) is 0.486. The molecule has 0 aliphatic carbocycles. The first-order valence-corrected chi connectivity index (χ1v) is 16.0. The zero-order chi connectivity index (χ0) is 31.3. The minimum atomic E-state index is -0.879. The lowest BCUT2D eigenvalue weighted by Crippen LogP contribution is -2.52. The van der Waals surface area contributed by atoms with Crippen LogP contribution in [0.25, 0.3) is 10.8 Å². The molecule has 3 atom stereocenters. The smallest absolute Gasteiger partial charge is 0.328 e. The minimum Gasteiger partial charge on any atom is -0.504 e. The van der Waals surface area contributed by atoms with Crippen LogP contribution in [0.15, 0.2) is 54.6 Å². The Balaban J connectivity index is 1.20. The molecule has 238 valence electrons. The van der Waals surface area contributed by atoms with Crippen molar-refractivity contribution in [1.29, 1.82) is 0 Å². The number of anilines is 1. The van der Waals surface area contributed by atoms with Crippen molar-refractivity contribution in [2.24, 2.45) is 5.92 Å². The lowest BCUT2D eigenvalue weighted by atomic mass is 9.87. The van der Waals surface area contributed by atoms with E-state index in [-0.39, 0.29) is 29.6 Å². The third-order valence-electron chi connectivity index (χ3n) is 10.4. The summed E-state index contributed by atoms with van der Waals surface area (Å²) in [6.07, 6.45) is 1.48. The summed E-state index contributed by atoms with van der Waals surface area (Å²) in [7, 11) is 5.64. The molecule has 10 nitrogen and oxygen atoms in total. The summed E-state index contributed by atoms with van der Waals surface area (Å²) >= 11 is 0. The van der Waals surface area contributed by atoms with Crippen molar-refractivity contribution in [2.75, 3.05) is 85.1 Å². The molecule has 3 aromatic rings. The number of phenols is 1. The van der Waals surface area contributed by atoms with Crippen LogP contribution in [0.1, 0.15) is 23.6 Å². The zero-order valence-corrected chi connectivity index (χ0v) is 26.4.